The number of carboxylic acids is 1. The third-order valence-corrected chi connectivity index (χ3v) is 3.02. The molecule has 21 heavy (non-hydrogen) atoms. The second kappa shape index (κ2) is 5.53. The molecule has 0 aliphatic heterocycles. The Morgan fingerprint density at radius 1 is 1.14 bits per heavy atom. The van der Waals surface area contributed by atoms with Crippen LogP contribution in [0.5, 0.6) is 0 Å². The molecule has 3 rings (SSSR count). The zero-order chi connectivity index (χ0) is 14.7. The van der Waals surface area contributed by atoms with Gasteiger partial charge in [-0.1, -0.05) is 5.21 Å². The molecule has 8 nitrogen and oxygen atoms in total. The Labute approximate surface area is 119 Å². The van der Waals surface area contributed by atoms with Gasteiger partial charge < -0.3 is 9.67 Å². The van der Waals surface area contributed by atoms with Gasteiger partial charge in [-0.3, -0.25) is 4.98 Å². The van der Waals surface area contributed by atoms with E-state index in [4.69, 9.17) is 0 Å². The van der Waals surface area contributed by atoms with Crippen molar-refractivity contribution in [1.82, 2.24) is 29.5 Å². The summed E-state index contributed by atoms with van der Waals surface area (Å²) in [5.74, 6) is -1.10. The molecular weight excluding hydrogens is 272 g/mol. The smallest absolute Gasteiger partial charge is 0.358 e. The third kappa shape index (κ3) is 2.64. The van der Waals surface area contributed by atoms with Crippen molar-refractivity contribution in [3.63, 3.8) is 0 Å². The van der Waals surface area contributed by atoms with Crippen molar-refractivity contribution < 1.29 is 9.90 Å². The summed E-state index contributed by atoms with van der Waals surface area (Å²) in [4.78, 5) is 19.2. The topological polar surface area (TPSA) is 98.7 Å². The molecule has 0 unspecified atom stereocenters. The van der Waals surface area contributed by atoms with E-state index >= 15 is 0 Å². The summed E-state index contributed by atoms with van der Waals surface area (Å²) in [7, 11) is 0. The van der Waals surface area contributed by atoms with Crippen molar-refractivity contribution in [2.24, 2.45) is 0 Å². The molecule has 3 aromatic heterocycles. The average Bonchev–Trinajstić information content (AvgIpc) is 3.15. The zero-order valence-corrected chi connectivity index (χ0v) is 11.0. The summed E-state index contributed by atoms with van der Waals surface area (Å²) in [6.07, 6.45) is 8.43. The zero-order valence-electron chi connectivity index (χ0n) is 11.0. The lowest BCUT2D eigenvalue weighted by atomic mass is 10.1. The van der Waals surface area contributed by atoms with Crippen LogP contribution in [0.25, 0.3) is 11.3 Å². The summed E-state index contributed by atoms with van der Waals surface area (Å²) in [5.41, 5.74) is 1.13. The van der Waals surface area contributed by atoms with Gasteiger partial charge in [-0.15, -0.1) is 5.10 Å². The highest BCUT2D eigenvalue weighted by Gasteiger charge is 2.20. The van der Waals surface area contributed by atoms with Gasteiger partial charge in [0.15, 0.2) is 5.69 Å². The van der Waals surface area contributed by atoms with Crippen molar-refractivity contribution in [2.75, 3.05) is 0 Å². The quantitative estimate of drug-likeness (QED) is 0.748. The molecule has 0 bridgehead atoms. The van der Waals surface area contributed by atoms with E-state index in [1.165, 1.54) is 0 Å². The maximum absolute atomic E-state index is 11.3. The van der Waals surface area contributed by atoms with Gasteiger partial charge in [0.2, 0.25) is 0 Å². The van der Waals surface area contributed by atoms with E-state index < -0.39 is 5.97 Å². The highest BCUT2D eigenvalue weighted by Crippen LogP contribution is 2.21. The van der Waals surface area contributed by atoms with Gasteiger partial charge in [-0.2, -0.15) is 0 Å². The lowest BCUT2D eigenvalue weighted by Gasteiger charge is -2.07. The number of hydrogen-bond donors (Lipinski definition) is 1. The molecule has 0 spiro atoms. The lowest BCUT2D eigenvalue weighted by Crippen LogP contribution is -2.10. The fraction of sp³-hybridized carbons (Fsp3) is 0.154. The van der Waals surface area contributed by atoms with E-state index in [0.29, 0.717) is 18.8 Å². The predicted octanol–water partition coefficient (Wildman–Crippen LogP) is 0.935. The van der Waals surface area contributed by atoms with E-state index in [0.717, 1.165) is 5.56 Å². The highest BCUT2D eigenvalue weighted by atomic mass is 16.4. The van der Waals surface area contributed by atoms with Crippen molar-refractivity contribution in [2.45, 2.75) is 13.1 Å². The van der Waals surface area contributed by atoms with Gasteiger partial charge in [0, 0.05) is 36.9 Å². The average molecular weight is 284 g/mol. The number of aryl methyl sites for hydroxylation is 2. The van der Waals surface area contributed by atoms with Gasteiger partial charge in [0.25, 0.3) is 0 Å². The molecule has 0 saturated carbocycles. The normalized spacial score (nSPS) is 10.7. The van der Waals surface area contributed by atoms with Crippen LogP contribution in [-0.4, -0.2) is 40.6 Å². The second-order valence-electron chi connectivity index (χ2n) is 4.35. The molecule has 0 aromatic carbocycles. The van der Waals surface area contributed by atoms with Crippen molar-refractivity contribution in [3.8, 4) is 11.3 Å². The minimum absolute atomic E-state index is 0.0631. The maximum atomic E-state index is 11.3. The lowest BCUT2D eigenvalue weighted by molar-refractivity contribution is 0.0691. The minimum atomic E-state index is -1.10. The third-order valence-electron chi connectivity index (χ3n) is 3.02. The SMILES string of the molecule is O=C(O)c1nnn(CCn2ccnc2)c1-c1ccncc1. The maximum Gasteiger partial charge on any atom is 0.358 e. The van der Waals surface area contributed by atoms with Crippen LogP contribution >= 0.6 is 0 Å². The monoisotopic (exact) mass is 284 g/mol. The molecule has 3 heterocycles. The van der Waals surface area contributed by atoms with Crippen LogP contribution in [0.1, 0.15) is 10.5 Å². The van der Waals surface area contributed by atoms with Gasteiger partial charge >= 0.3 is 5.97 Å². The highest BCUT2D eigenvalue weighted by molar-refractivity contribution is 5.92. The first-order valence-electron chi connectivity index (χ1n) is 6.28. The molecular formula is C13H12N6O2. The van der Waals surface area contributed by atoms with E-state index in [9.17, 15) is 9.90 Å². The van der Waals surface area contributed by atoms with Crippen LogP contribution in [0.4, 0.5) is 0 Å². The Bertz CT molecular complexity index is 735. The number of nitrogens with zero attached hydrogens (tertiary/aromatic N) is 6. The van der Waals surface area contributed by atoms with Gasteiger partial charge in [0.1, 0.15) is 5.69 Å². The number of imidazole rings is 1. The van der Waals surface area contributed by atoms with Gasteiger partial charge in [-0.05, 0) is 12.1 Å². The van der Waals surface area contributed by atoms with E-state index in [1.807, 2.05) is 10.8 Å². The Hall–Kier alpha value is -3.03. The number of pyridine rings is 1. The first kappa shape index (κ1) is 13.0. The molecule has 106 valence electrons. The van der Waals surface area contributed by atoms with Crippen LogP contribution in [0.15, 0.2) is 43.2 Å². The van der Waals surface area contributed by atoms with Crippen molar-refractivity contribution >= 4 is 5.97 Å². The molecule has 0 saturated heterocycles. The largest absolute Gasteiger partial charge is 0.476 e. The number of hydrogen-bond acceptors (Lipinski definition) is 5. The number of aromatic nitrogens is 6. The van der Waals surface area contributed by atoms with Crippen LogP contribution in [0.2, 0.25) is 0 Å². The van der Waals surface area contributed by atoms with Gasteiger partial charge in [-0.25, -0.2) is 14.5 Å². The Morgan fingerprint density at radius 3 is 2.62 bits per heavy atom. The van der Waals surface area contributed by atoms with Crippen LogP contribution in [0, 0.1) is 0 Å². The van der Waals surface area contributed by atoms with Gasteiger partial charge in [0.05, 0.1) is 12.9 Å². The molecule has 0 amide bonds. The van der Waals surface area contributed by atoms with Crippen molar-refractivity contribution in [3.05, 3.63) is 48.9 Å². The van der Waals surface area contributed by atoms with E-state index in [1.54, 1.807) is 41.7 Å². The number of aromatic carboxylic acids is 1. The molecule has 0 aliphatic carbocycles. The van der Waals surface area contributed by atoms with Crippen LogP contribution in [-0.2, 0) is 13.1 Å². The molecule has 8 heteroatoms. The predicted molar refractivity (Wildman–Crippen MR) is 72.4 cm³/mol. The Morgan fingerprint density at radius 2 is 1.95 bits per heavy atom. The summed E-state index contributed by atoms with van der Waals surface area (Å²) < 4.78 is 3.47. The summed E-state index contributed by atoms with van der Waals surface area (Å²) in [5, 5.41) is 17.0. The first-order chi connectivity index (χ1) is 10.3. The molecule has 3 aromatic rings. The molecule has 1 N–H and O–H groups in total. The Balaban J connectivity index is 1.95. The standard InChI is InChI=1S/C13H12N6O2/c20-13(21)11-12(10-1-3-14-4-2-10)19(17-16-11)8-7-18-6-5-15-9-18/h1-6,9H,7-8H2,(H,20,21). The molecule has 0 radical (unpaired) electrons. The summed E-state index contributed by atoms with van der Waals surface area (Å²) in [6.45, 7) is 1.12. The first-order valence-corrected chi connectivity index (χ1v) is 6.28. The number of carboxylic acid groups (broad SMARTS) is 1. The molecule has 0 fully saturated rings. The number of rotatable bonds is 5. The fourth-order valence-corrected chi connectivity index (χ4v) is 2.04. The fourth-order valence-electron chi connectivity index (χ4n) is 2.04. The molecule has 0 atom stereocenters. The van der Waals surface area contributed by atoms with Crippen LogP contribution in [0.3, 0.4) is 0 Å². The Kier molecular flexibility index (Phi) is 3.42. The second-order valence-corrected chi connectivity index (χ2v) is 4.35. The molecule has 0 aliphatic rings. The van der Waals surface area contributed by atoms with E-state index in [2.05, 4.69) is 20.3 Å². The summed E-state index contributed by atoms with van der Waals surface area (Å²) >= 11 is 0. The minimum Gasteiger partial charge on any atom is -0.476 e. The number of carbonyl (C=O) groups is 1. The summed E-state index contributed by atoms with van der Waals surface area (Å²) in [6, 6.07) is 3.47. The van der Waals surface area contributed by atoms with Crippen molar-refractivity contribution in [1.29, 1.82) is 0 Å². The van der Waals surface area contributed by atoms with E-state index in [-0.39, 0.29) is 5.69 Å². The van der Waals surface area contributed by atoms with Crippen LogP contribution < -0.4 is 0 Å².